The van der Waals surface area contributed by atoms with Crippen LogP contribution in [0.2, 0.25) is 0 Å². The van der Waals surface area contributed by atoms with E-state index in [1.807, 2.05) is 45.0 Å². The molecule has 2 aliphatic rings. The second kappa shape index (κ2) is 5.78. The molecule has 1 aliphatic carbocycles. The van der Waals surface area contributed by atoms with Crippen LogP contribution in [0.5, 0.6) is 0 Å². The van der Waals surface area contributed by atoms with Gasteiger partial charge in [-0.25, -0.2) is 4.98 Å². The first-order chi connectivity index (χ1) is 11.9. The zero-order chi connectivity index (χ0) is 17.8. The van der Waals surface area contributed by atoms with E-state index in [0.29, 0.717) is 16.7 Å². The van der Waals surface area contributed by atoms with Gasteiger partial charge >= 0.3 is 0 Å². The average Bonchev–Trinajstić information content (AvgIpc) is 3.29. The fourth-order valence-corrected chi connectivity index (χ4v) is 3.76. The van der Waals surface area contributed by atoms with Crippen molar-refractivity contribution in [2.45, 2.75) is 45.4 Å². The van der Waals surface area contributed by atoms with Gasteiger partial charge in [-0.3, -0.25) is 9.36 Å². The molecule has 0 bridgehead atoms. The minimum atomic E-state index is -0.807. The lowest BCUT2D eigenvalue weighted by atomic mass is 9.88. The molecule has 1 unspecified atom stereocenters. The number of hydrogen-bond donors (Lipinski definition) is 2. The molecule has 2 aromatic rings. The Balaban J connectivity index is 1.92. The maximum atomic E-state index is 13.3. The van der Waals surface area contributed by atoms with Crippen LogP contribution < -0.4 is 10.9 Å². The summed E-state index contributed by atoms with van der Waals surface area (Å²) in [6.45, 7) is 6.81. The molecule has 1 aromatic carbocycles. The van der Waals surface area contributed by atoms with E-state index in [0.717, 1.165) is 13.0 Å². The Morgan fingerprint density at radius 2 is 2.08 bits per heavy atom. The van der Waals surface area contributed by atoms with Gasteiger partial charge in [0.1, 0.15) is 11.9 Å². The van der Waals surface area contributed by atoms with E-state index < -0.39 is 11.5 Å². The van der Waals surface area contributed by atoms with Gasteiger partial charge in [-0.15, -0.1) is 0 Å². The Labute approximate surface area is 147 Å². The van der Waals surface area contributed by atoms with Gasteiger partial charge in [-0.05, 0) is 30.5 Å². The van der Waals surface area contributed by atoms with Crippen molar-refractivity contribution in [3.05, 3.63) is 52.6 Å². The molecule has 0 amide bonds. The zero-order valence-electron chi connectivity index (χ0n) is 14.9. The molecule has 5 nitrogen and oxygen atoms in total. The van der Waals surface area contributed by atoms with Gasteiger partial charge in [0.05, 0.1) is 16.9 Å². The number of benzene rings is 1. The highest BCUT2D eigenvalue weighted by Gasteiger charge is 2.52. The molecule has 0 spiro atoms. The van der Waals surface area contributed by atoms with Crippen molar-refractivity contribution < 1.29 is 5.11 Å². The first-order valence-corrected chi connectivity index (χ1v) is 8.99. The van der Waals surface area contributed by atoms with E-state index in [4.69, 9.17) is 4.98 Å². The van der Waals surface area contributed by atoms with Crippen molar-refractivity contribution in [2.75, 3.05) is 6.54 Å². The van der Waals surface area contributed by atoms with Gasteiger partial charge in [-0.1, -0.05) is 45.1 Å². The Kier molecular flexibility index (Phi) is 3.81. The Bertz CT molecular complexity index is 894. The summed E-state index contributed by atoms with van der Waals surface area (Å²) in [7, 11) is 0. The highest BCUT2D eigenvalue weighted by Crippen LogP contribution is 2.47. The molecular formula is C20H25N3O2. The molecule has 2 N–H and O–H groups in total. The number of aromatic nitrogens is 2. The highest BCUT2D eigenvalue weighted by molar-refractivity contribution is 5.77. The van der Waals surface area contributed by atoms with Gasteiger partial charge in [-0.2, -0.15) is 0 Å². The summed E-state index contributed by atoms with van der Waals surface area (Å²) in [5.74, 6) is 0.763. The summed E-state index contributed by atoms with van der Waals surface area (Å²) in [6, 6.07) is 7.65. The van der Waals surface area contributed by atoms with Gasteiger partial charge in [0.2, 0.25) is 0 Å². The standard InChI is InChI=1S/C20H25N3O2/c1-20(2,3)17(24)18-22-14-10-5-4-8-12(14)19(25)23(18)16-13-9-6-7-11-21-15(13)16/h4-6,8-10,13,15-17,21,24H,7,11H2,1-3H3/t13-,15+,16?,17-/m1/s1. The first kappa shape index (κ1) is 16.5. The molecule has 5 heteroatoms. The topological polar surface area (TPSA) is 67.2 Å². The maximum Gasteiger partial charge on any atom is 0.261 e. The predicted octanol–water partition coefficient (Wildman–Crippen LogP) is 2.57. The summed E-state index contributed by atoms with van der Waals surface area (Å²) >= 11 is 0. The maximum absolute atomic E-state index is 13.3. The minimum absolute atomic E-state index is 0.0214. The number of nitrogens with one attached hydrogen (secondary N) is 1. The van der Waals surface area contributed by atoms with E-state index in [1.54, 1.807) is 4.57 Å². The molecule has 2 heterocycles. The van der Waals surface area contributed by atoms with Gasteiger partial charge in [0, 0.05) is 12.0 Å². The number of rotatable bonds is 2. The van der Waals surface area contributed by atoms with Crippen LogP contribution in [0, 0.1) is 11.3 Å². The summed E-state index contributed by atoms with van der Waals surface area (Å²) in [5.41, 5.74) is 0.188. The van der Waals surface area contributed by atoms with E-state index in [1.165, 1.54) is 0 Å². The third-order valence-corrected chi connectivity index (χ3v) is 5.28. The van der Waals surface area contributed by atoms with Crippen molar-refractivity contribution in [2.24, 2.45) is 11.3 Å². The van der Waals surface area contributed by atoms with Gasteiger partial charge in [0.25, 0.3) is 5.56 Å². The number of fused-ring (bicyclic) bond motifs is 2. The van der Waals surface area contributed by atoms with Crippen molar-refractivity contribution in [1.82, 2.24) is 14.9 Å². The second-order valence-electron chi connectivity index (χ2n) is 8.20. The monoisotopic (exact) mass is 339 g/mol. The van der Waals surface area contributed by atoms with Crippen LogP contribution >= 0.6 is 0 Å². The third-order valence-electron chi connectivity index (χ3n) is 5.28. The molecule has 1 fully saturated rings. The highest BCUT2D eigenvalue weighted by atomic mass is 16.3. The number of aliphatic hydroxyl groups is 1. The van der Waals surface area contributed by atoms with Crippen molar-refractivity contribution >= 4 is 10.9 Å². The summed E-state index contributed by atoms with van der Waals surface area (Å²) in [5, 5.41) is 15.1. The van der Waals surface area contributed by atoms with Crippen molar-refractivity contribution in [1.29, 1.82) is 0 Å². The van der Waals surface area contributed by atoms with Crippen LogP contribution in [0.3, 0.4) is 0 Å². The number of hydrogen-bond acceptors (Lipinski definition) is 4. The van der Waals surface area contributed by atoms with Crippen molar-refractivity contribution in [3.8, 4) is 0 Å². The summed E-state index contributed by atoms with van der Waals surface area (Å²) in [4.78, 5) is 18.0. The molecule has 4 rings (SSSR count). The van der Waals surface area contributed by atoms with Crippen LogP contribution in [0.25, 0.3) is 10.9 Å². The molecule has 1 saturated carbocycles. The average molecular weight is 339 g/mol. The smallest absolute Gasteiger partial charge is 0.261 e. The van der Waals surface area contributed by atoms with E-state index >= 15 is 0 Å². The fourth-order valence-electron chi connectivity index (χ4n) is 3.76. The van der Waals surface area contributed by atoms with Crippen LogP contribution in [0.15, 0.2) is 41.2 Å². The molecular weight excluding hydrogens is 314 g/mol. The molecule has 132 valence electrons. The number of nitrogens with zero attached hydrogens (tertiary/aromatic N) is 2. The Hall–Kier alpha value is -1.98. The normalized spacial score (nSPS) is 27.0. The van der Waals surface area contributed by atoms with Gasteiger partial charge in [0.15, 0.2) is 0 Å². The number of aliphatic hydroxyl groups excluding tert-OH is 1. The molecule has 0 radical (unpaired) electrons. The quantitative estimate of drug-likeness (QED) is 0.825. The Morgan fingerprint density at radius 1 is 1.32 bits per heavy atom. The van der Waals surface area contributed by atoms with E-state index in [9.17, 15) is 9.90 Å². The molecule has 1 aromatic heterocycles. The minimum Gasteiger partial charge on any atom is -0.385 e. The zero-order valence-corrected chi connectivity index (χ0v) is 14.9. The van der Waals surface area contributed by atoms with Crippen LogP contribution in [-0.4, -0.2) is 27.2 Å². The lowest BCUT2D eigenvalue weighted by Crippen LogP contribution is -2.33. The SMILES string of the molecule is CC(C)(C)[C@H](O)c1nc2ccccc2c(=O)n1C1[C@H]2NCCC=C[C@@H]12. The first-order valence-electron chi connectivity index (χ1n) is 8.99. The van der Waals surface area contributed by atoms with Crippen molar-refractivity contribution in [3.63, 3.8) is 0 Å². The summed E-state index contributed by atoms with van der Waals surface area (Å²) in [6.07, 6.45) is 4.59. The fraction of sp³-hybridized carbons (Fsp3) is 0.500. The third kappa shape index (κ3) is 2.71. The second-order valence-corrected chi connectivity index (χ2v) is 8.20. The van der Waals surface area contributed by atoms with Crippen LogP contribution in [0.1, 0.15) is 45.2 Å². The Morgan fingerprint density at radius 3 is 2.84 bits per heavy atom. The van der Waals surface area contributed by atoms with Crippen LogP contribution in [-0.2, 0) is 0 Å². The van der Waals surface area contributed by atoms with E-state index in [-0.39, 0.29) is 23.6 Å². The lowest BCUT2D eigenvalue weighted by Gasteiger charge is -2.28. The summed E-state index contributed by atoms with van der Waals surface area (Å²) < 4.78 is 1.75. The molecule has 1 aliphatic heterocycles. The molecule has 25 heavy (non-hydrogen) atoms. The van der Waals surface area contributed by atoms with Gasteiger partial charge < -0.3 is 10.4 Å². The largest absolute Gasteiger partial charge is 0.385 e. The van der Waals surface area contributed by atoms with E-state index in [2.05, 4.69) is 17.5 Å². The number of para-hydroxylation sites is 1. The van der Waals surface area contributed by atoms with Crippen LogP contribution in [0.4, 0.5) is 0 Å². The lowest BCUT2D eigenvalue weighted by molar-refractivity contribution is 0.0503. The predicted molar refractivity (Wildman–Crippen MR) is 98.5 cm³/mol. The molecule has 4 atom stereocenters. The molecule has 0 saturated heterocycles.